The predicted octanol–water partition coefficient (Wildman–Crippen LogP) is 4.18. The molecule has 3 aromatic heterocycles. The van der Waals surface area contributed by atoms with Gasteiger partial charge in [0.25, 0.3) is 0 Å². The van der Waals surface area contributed by atoms with Crippen LogP contribution in [0, 0.1) is 11.3 Å². The zero-order chi connectivity index (χ0) is 17.9. The van der Waals surface area contributed by atoms with Crippen molar-refractivity contribution in [3.8, 4) is 29.0 Å². The van der Waals surface area contributed by atoms with Crippen LogP contribution in [0.15, 0.2) is 60.9 Å². The lowest BCUT2D eigenvalue weighted by Gasteiger charge is -2.05. The fraction of sp³-hybridized carbons (Fsp3) is 0.100. The normalized spacial score (nSPS) is 10.6. The quantitative estimate of drug-likeness (QED) is 0.556. The fourth-order valence-corrected chi connectivity index (χ4v) is 2.75. The second kappa shape index (κ2) is 6.65. The molecule has 1 aromatic carbocycles. The Bertz CT molecular complexity index is 1090. The highest BCUT2D eigenvalue weighted by Gasteiger charge is 2.12. The molecule has 6 heteroatoms. The Kier molecular flexibility index (Phi) is 4.04. The second-order valence-corrected chi connectivity index (χ2v) is 5.66. The Morgan fingerprint density at radius 2 is 1.92 bits per heavy atom. The summed E-state index contributed by atoms with van der Waals surface area (Å²) in [6.45, 7) is 2.85. The average molecular weight is 341 g/mol. The van der Waals surface area contributed by atoms with E-state index in [1.807, 2.05) is 47.1 Å². The number of aryl methyl sites for hydroxylation is 1. The third-order valence-electron chi connectivity index (χ3n) is 4.02. The van der Waals surface area contributed by atoms with E-state index in [0.717, 1.165) is 28.8 Å². The van der Waals surface area contributed by atoms with Crippen molar-refractivity contribution >= 4 is 11.0 Å². The minimum atomic E-state index is 0.444. The molecule has 0 bridgehead atoms. The molecule has 0 fully saturated rings. The molecule has 0 aliphatic carbocycles. The number of hydrogen-bond acceptors (Lipinski definition) is 5. The van der Waals surface area contributed by atoms with Crippen LogP contribution < -0.4 is 4.74 Å². The van der Waals surface area contributed by atoms with E-state index >= 15 is 0 Å². The number of rotatable bonds is 4. The highest BCUT2D eigenvalue weighted by molar-refractivity contribution is 5.89. The molecule has 0 radical (unpaired) electrons. The first-order chi connectivity index (χ1) is 12.8. The number of hydrogen-bond donors (Lipinski definition) is 0. The minimum Gasteiger partial charge on any atom is -0.439 e. The standard InChI is InChI=1S/C20H15N5O/c1-2-25-17-4-3-11-22-20(17)19(24-25)15-6-8-16(9-7-15)26-18-10-5-14(12-21)13-23-18/h3-11,13H,2H2,1H3. The van der Waals surface area contributed by atoms with E-state index in [0.29, 0.717) is 17.2 Å². The van der Waals surface area contributed by atoms with Crippen LogP contribution in [0.1, 0.15) is 12.5 Å². The summed E-state index contributed by atoms with van der Waals surface area (Å²) in [6.07, 6.45) is 3.26. The Labute approximate surface area is 150 Å². The Balaban J connectivity index is 1.63. The lowest BCUT2D eigenvalue weighted by Crippen LogP contribution is -1.95. The van der Waals surface area contributed by atoms with Crippen LogP contribution in [0.25, 0.3) is 22.3 Å². The van der Waals surface area contributed by atoms with E-state index < -0.39 is 0 Å². The van der Waals surface area contributed by atoms with E-state index in [-0.39, 0.29) is 0 Å². The van der Waals surface area contributed by atoms with E-state index in [4.69, 9.17) is 10.00 Å². The lowest BCUT2D eigenvalue weighted by atomic mass is 10.1. The van der Waals surface area contributed by atoms with E-state index in [9.17, 15) is 0 Å². The Hall–Kier alpha value is -3.72. The summed E-state index contributed by atoms with van der Waals surface area (Å²) in [5, 5.41) is 13.5. The Morgan fingerprint density at radius 1 is 1.08 bits per heavy atom. The monoisotopic (exact) mass is 341 g/mol. The summed E-state index contributed by atoms with van der Waals surface area (Å²) in [7, 11) is 0. The summed E-state index contributed by atoms with van der Waals surface area (Å²) >= 11 is 0. The third kappa shape index (κ3) is 2.87. The van der Waals surface area contributed by atoms with Gasteiger partial charge in [0.1, 0.15) is 23.0 Å². The molecule has 4 rings (SSSR count). The maximum atomic E-state index is 8.81. The third-order valence-corrected chi connectivity index (χ3v) is 4.02. The molecule has 4 aromatic rings. The highest BCUT2D eigenvalue weighted by Crippen LogP contribution is 2.28. The van der Waals surface area contributed by atoms with Crippen LogP contribution in [-0.4, -0.2) is 19.7 Å². The molecule has 3 heterocycles. The van der Waals surface area contributed by atoms with Crippen molar-refractivity contribution in [2.45, 2.75) is 13.5 Å². The van der Waals surface area contributed by atoms with Gasteiger partial charge in [-0.05, 0) is 49.4 Å². The van der Waals surface area contributed by atoms with Gasteiger partial charge in [0, 0.05) is 30.6 Å². The summed E-state index contributed by atoms with van der Waals surface area (Å²) in [5.74, 6) is 1.11. The second-order valence-electron chi connectivity index (χ2n) is 5.66. The van der Waals surface area contributed by atoms with Crippen molar-refractivity contribution in [2.24, 2.45) is 0 Å². The summed E-state index contributed by atoms with van der Waals surface area (Å²) in [6, 6.07) is 17.0. The molecule has 0 spiro atoms. The molecule has 0 N–H and O–H groups in total. The average Bonchev–Trinajstić information content (AvgIpc) is 3.08. The molecular formula is C20H15N5O. The molecule has 0 atom stereocenters. The van der Waals surface area contributed by atoms with Gasteiger partial charge in [-0.2, -0.15) is 10.4 Å². The van der Waals surface area contributed by atoms with Crippen LogP contribution in [0.4, 0.5) is 0 Å². The molecule has 0 amide bonds. The number of pyridine rings is 2. The summed E-state index contributed by atoms with van der Waals surface area (Å²) in [5.41, 5.74) is 4.23. The van der Waals surface area contributed by atoms with Gasteiger partial charge in [0.15, 0.2) is 0 Å². The molecular weight excluding hydrogens is 326 g/mol. The van der Waals surface area contributed by atoms with E-state index in [1.54, 1.807) is 18.3 Å². The molecule has 6 nitrogen and oxygen atoms in total. The molecule has 0 saturated carbocycles. The number of nitrogens with zero attached hydrogens (tertiary/aromatic N) is 5. The largest absolute Gasteiger partial charge is 0.439 e. The minimum absolute atomic E-state index is 0.444. The molecule has 0 unspecified atom stereocenters. The first kappa shape index (κ1) is 15.8. The number of benzene rings is 1. The topological polar surface area (TPSA) is 76.6 Å². The van der Waals surface area contributed by atoms with Gasteiger partial charge < -0.3 is 4.74 Å². The van der Waals surface area contributed by atoms with Crippen molar-refractivity contribution in [1.82, 2.24) is 19.7 Å². The fourth-order valence-electron chi connectivity index (χ4n) is 2.75. The smallest absolute Gasteiger partial charge is 0.219 e. The van der Waals surface area contributed by atoms with Crippen molar-refractivity contribution in [1.29, 1.82) is 5.26 Å². The predicted molar refractivity (Wildman–Crippen MR) is 97.7 cm³/mol. The summed E-state index contributed by atoms with van der Waals surface area (Å²) < 4.78 is 7.67. The zero-order valence-electron chi connectivity index (χ0n) is 14.1. The van der Waals surface area contributed by atoms with Gasteiger partial charge in [-0.25, -0.2) is 4.98 Å². The molecule has 26 heavy (non-hydrogen) atoms. The highest BCUT2D eigenvalue weighted by atomic mass is 16.5. The first-order valence-corrected chi connectivity index (χ1v) is 8.24. The van der Waals surface area contributed by atoms with Crippen molar-refractivity contribution in [2.75, 3.05) is 0 Å². The maximum Gasteiger partial charge on any atom is 0.219 e. The van der Waals surface area contributed by atoms with Crippen LogP contribution >= 0.6 is 0 Å². The number of fused-ring (bicyclic) bond motifs is 1. The van der Waals surface area contributed by atoms with E-state index in [1.165, 1.54) is 6.20 Å². The SMILES string of the molecule is CCn1nc(-c2ccc(Oc3ccc(C#N)cn3)cc2)c2ncccc21. The van der Waals surface area contributed by atoms with Crippen molar-refractivity contribution < 1.29 is 4.74 Å². The number of aromatic nitrogens is 4. The van der Waals surface area contributed by atoms with Gasteiger partial charge >= 0.3 is 0 Å². The van der Waals surface area contributed by atoms with Gasteiger partial charge in [0.05, 0.1) is 11.1 Å². The molecule has 126 valence electrons. The van der Waals surface area contributed by atoms with Gasteiger partial charge in [-0.3, -0.25) is 9.67 Å². The van der Waals surface area contributed by atoms with Crippen LogP contribution in [0.2, 0.25) is 0 Å². The molecule has 0 aliphatic rings. The van der Waals surface area contributed by atoms with Gasteiger partial charge in [0.2, 0.25) is 5.88 Å². The molecule has 0 saturated heterocycles. The number of ether oxygens (including phenoxy) is 1. The lowest BCUT2D eigenvalue weighted by molar-refractivity contribution is 0.463. The molecule has 0 aliphatic heterocycles. The Morgan fingerprint density at radius 3 is 2.62 bits per heavy atom. The summed E-state index contributed by atoms with van der Waals surface area (Å²) in [4.78, 5) is 8.59. The maximum absolute atomic E-state index is 8.81. The van der Waals surface area contributed by atoms with Crippen LogP contribution in [0.3, 0.4) is 0 Å². The van der Waals surface area contributed by atoms with Crippen LogP contribution in [0.5, 0.6) is 11.6 Å². The van der Waals surface area contributed by atoms with E-state index in [2.05, 4.69) is 22.0 Å². The van der Waals surface area contributed by atoms with Gasteiger partial charge in [-0.15, -0.1) is 0 Å². The van der Waals surface area contributed by atoms with Crippen molar-refractivity contribution in [3.63, 3.8) is 0 Å². The van der Waals surface area contributed by atoms with Crippen molar-refractivity contribution in [3.05, 3.63) is 66.5 Å². The zero-order valence-corrected chi connectivity index (χ0v) is 14.1. The van der Waals surface area contributed by atoms with Gasteiger partial charge in [-0.1, -0.05) is 0 Å². The van der Waals surface area contributed by atoms with Crippen LogP contribution in [-0.2, 0) is 6.54 Å². The first-order valence-electron chi connectivity index (χ1n) is 8.24. The number of nitriles is 1.